The van der Waals surface area contributed by atoms with Crippen molar-refractivity contribution in [1.29, 1.82) is 0 Å². The first-order chi connectivity index (χ1) is 9.66. The van der Waals surface area contributed by atoms with Gasteiger partial charge in [-0.05, 0) is 19.2 Å². The Morgan fingerprint density at radius 1 is 1.50 bits per heavy atom. The van der Waals surface area contributed by atoms with Gasteiger partial charge in [0, 0.05) is 18.1 Å². The Bertz CT molecular complexity index is 618. The first-order valence-electron chi connectivity index (χ1n) is 6.33. The Labute approximate surface area is 126 Å². The molecule has 0 spiro atoms. The first-order valence-corrected chi connectivity index (χ1v) is 7.86. The molecule has 3 rings (SSSR count). The van der Waals surface area contributed by atoms with Gasteiger partial charge in [0.25, 0.3) is 5.89 Å². The molecule has 7 heteroatoms. The molecule has 0 amide bonds. The number of nitrogen functional groups attached to an aromatic ring is 1. The maximum atomic E-state index is 6.02. The highest BCUT2D eigenvalue weighted by atomic mass is 35.5. The highest BCUT2D eigenvalue weighted by molar-refractivity contribution is 7.99. The van der Waals surface area contributed by atoms with Crippen molar-refractivity contribution in [3.05, 3.63) is 29.0 Å². The van der Waals surface area contributed by atoms with Crippen LogP contribution in [0.1, 0.15) is 11.9 Å². The SMILES string of the molecule is CN1CCSCC1c1noc(-c2cccc(Cl)c2N)n1. The average Bonchev–Trinajstić information content (AvgIpc) is 2.92. The fourth-order valence-corrected chi connectivity index (χ4v) is 3.55. The van der Waals surface area contributed by atoms with E-state index in [0.29, 0.717) is 28.0 Å². The number of benzene rings is 1. The summed E-state index contributed by atoms with van der Waals surface area (Å²) >= 11 is 7.92. The quantitative estimate of drug-likeness (QED) is 0.860. The minimum absolute atomic E-state index is 0.187. The maximum absolute atomic E-state index is 6.02. The Morgan fingerprint density at radius 3 is 3.15 bits per heavy atom. The van der Waals surface area contributed by atoms with Gasteiger partial charge < -0.3 is 10.3 Å². The van der Waals surface area contributed by atoms with Crippen LogP contribution in [0.4, 0.5) is 5.69 Å². The summed E-state index contributed by atoms with van der Waals surface area (Å²) in [5.41, 5.74) is 7.11. The maximum Gasteiger partial charge on any atom is 0.260 e. The Hall–Kier alpha value is -1.24. The summed E-state index contributed by atoms with van der Waals surface area (Å²) in [7, 11) is 2.08. The smallest absolute Gasteiger partial charge is 0.260 e. The van der Waals surface area contributed by atoms with E-state index >= 15 is 0 Å². The molecule has 5 nitrogen and oxygen atoms in total. The van der Waals surface area contributed by atoms with Gasteiger partial charge in [-0.1, -0.05) is 22.8 Å². The summed E-state index contributed by atoms with van der Waals surface area (Å²) in [4.78, 5) is 6.73. The summed E-state index contributed by atoms with van der Waals surface area (Å²) in [6, 6.07) is 5.58. The van der Waals surface area contributed by atoms with Crippen LogP contribution in [0.3, 0.4) is 0 Å². The van der Waals surface area contributed by atoms with Gasteiger partial charge in [-0.15, -0.1) is 0 Å². The molecule has 20 heavy (non-hydrogen) atoms. The van der Waals surface area contributed by atoms with E-state index in [1.165, 1.54) is 0 Å². The molecule has 2 heterocycles. The number of nitrogens with zero attached hydrogens (tertiary/aromatic N) is 3. The number of thioether (sulfide) groups is 1. The number of hydrogen-bond donors (Lipinski definition) is 1. The third-order valence-corrected chi connectivity index (χ3v) is 4.77. The van der Waals surface area contributed by atoms with E-state index in [9.17, 15) is 0 Å². The van der Waals surface area contributed by atoms with Crippen molar-refractivity contribution < 1.29 is 4.52 Å². The number of nitrogens with two attached hydrogens (primary N) is 1. The molecule has 1 saturated heterocycles. The lowest BCUT2D eigenvalue weighted by Crippen LogP contribution is -2.33. The summed E-state index contributed by atoms with van der Waals surface area (Å²) in [6.45, 7) is 1.03. The van der Waals surface area contributed by atoms with E-state index < -0.39 is 0 Å². The molecule has 2 N–H and O–H groups in total. The second-order valence-corrected chi connectivity index (χ2v) is 6.29. The number of hydrogen-bond acceptors (Lipinski definition) is 6. The second-order valence-electron chi connectivity index (χ2n) is 4.73. The molecule has 1 aromatic carbocycles. The third-order valence-electron chi connectivity index (χ3n) is 3.42. The Balaban J connectivity index is 1.92. The van der Waals surface area contributed by atoms with Crippen LogP contribution >= 0.6 is 23.4 Å². The zero-order chi connectivity index (χ0) is 14.1. The van der Waals surface area contributed by atoms with Crippen molar-refractivity contribution in [3.8, 4) is 11.5 Å². The largest absolute Gasteiger partial charge is 0.397 e. The standard InChI is InChI=1S/C13H15ClN4OS/c1-18-5-6-20-7-10(18)12-16-13(19-17-12)8-3-2-4-9(14)11(8)15/h2-4,10H,5-7,15H2,1H3. The van der Waals surface area contributed by atoms with Crippen molar-refractivity contribution in [1.82, 2.24) is 15.0 Å². The lowest BCUT2D eigenvalue weighted by molar-refractivity contribution is 0.257. The van der Waals surface area contributed by atoms with Crippen molar-refractivity contribution in [2.75, 3.05) is 30.8 Å². The zero-order valence-electron chi connectivity index (χ0n) is 11.0. The first kappa shape index (κ1) is 13.7. The van der Waals surface area contributed by atoms with E-state index in [4.69, 9.17) is 21.9 Å². The third kappa shape index (κ3) is 2.51. The monoisotopic (exact) mass is 310 g/mol. The molecule has 0 bridgehead atoms. The van der Waals surface area contributed by atoms with Crippen LogP contribution in [0.2, 0.25) is 5.02 Å². The van der Waals surface area contributed by atoms with Crippen molar-refractivity contribution >= 4 is 29.1 Å². The van der Waals surface area contributed by atoms with Gasteiger partial charge in [-0.25, -0.2) is 0 Å². The molecule has 1 aromatic heterocycles. The van der Waals surface area contributed by atoms with Gasteiger partial charge in [0.15, 0.2) is 5.82 Å². The summed E-state index contributed by atoms with van der Waals surface area (Å²) < 4.78 is 5.35. The van der Waals surface area contributed by atoms with Crippen LogP contribution in [-0.4, -0.2) is 40.1 Å². The molecule has 106 valence electrons. The summed E-state index contributed by atoms with van der Waals surface area (Å²) in [6.07, 6.45) is 0. The summed E-state index contributed by atoms with van der Waals surface area (Å²) in [5.74, 6) is 3.23. The molecule has 1 aliphatic heterocycles. The van der Waals surface area contributed by atoms with Gasteiger partial charge >= 0.3 is 0 Å². The normalized spacial score (nSPS) is 20.2. The molecule has 0 aliphatic carbocycles. The highest BCUT2D eigenvalue weighted by Crippen LogP contribution is 2.32. The number of halogens is 1. The van der Waals surface area contributed by atoms with Gasteiger partial charge in [0.05, 0.1) is 22.3 Å². The molecule has 0 radical (unpaired) electrons. The van der Waals surface area contributed by atoms with Crippen LogP contribution in [0.5, 0.6) is 0 Å². The van der Waals surface area contributed by atoms with Crippen LogP contribution < -0.4 is 5.73 Å². The number of aromatic nitrogens is 2. The number of para-hydroxylation sites is 1. The van der Waals surface area contributed by atoms with E-state index in [1.807, 2.05) is 23.9 Å². The summed E-state index contributed by atoms with van der Waals surface area (Å²) in [5, 5.41) is 4.59. The van der Waals surface area contributed by atoms with E-state index in [1.54, 1.807) is 6.07 Å². The van der Waals surface area contributed by atoms with Crippen LogP contribution in [-0.2, 0) is 0 Å². The molecule has 0 saturated carbocycles. The lowest BCUT2D eigenvalue weighted by Gasteiger charge is -2.29. The molecule has 1 fully saturated rings. The van der Waals surface area contributed by atoms with Gasteiger partial charge in [-0.3, -0.25) is 4.90 Å². The van der Waals surface area contributed by atoms with Crippen molar-refractivity contribution in [2.45, 2.75) is 6.04 Å². The van der Waals surface area contributed by atoms with Crippen LogP contribution in [0.25, 0.3) is 11.5 Å². The van der Waals surface area contributed by atoms with Gasteiger partial charge in [0.2, 0.25) is 0 Å². The predicted molar refractivity (Wildman–Crippen MR) is 81.9 cm³/mol. The molecular weight excluding hydrogens is 296 g/mol. The average molecular weight is 311 g/mol. The molecule has 1 atom stereocenters. The van der Waals surface area contributed by atoms with Gasteiger partial charge in [0.1, 0.15) is 0 Å². The molecule has 1 aliphatic rings. The van der Waals surface area contributed by atoms with E-state index in [-0.39, 0.29) is 6.04 Å². The topological polar surface area (TPSA) is 68.2 Å². The lowest BCUT2D eigenvalue weighted by atomic mass is 10.2. The second kappa shape index (κ2) is 5.63. The van der Waals surface area contributed by atoms with E-state index in [0.717, 1.165) is 18.1 Å². The Kier molecular flexibility index (Phi) is 3.87. The minimum atomic E-state index is 0.187. The molecular formula is C13H15ClN4OS. The highest BCUT2D eigenvalue weighted by Gasteiger charge is 2.26. The van der Waals surface area contributed by atoms with Gasteiger partial charge in [-0.2, -0.15) is 16.7 Å². The van der Waals surface area contributed by atoms with Crippen molar-refractivity contribution in [2.24, 2.45) is 0 Å². The zero-order valence-corrected chi connectivity index (χ0v) is 12.6. The molecule has 1 unspecified atom stereocenters. The molecule has 2 aromatic rings. The predicted octanol–water partition coefficient (Wildman–Crippen LogP) is 2.69. The number of anilines is 1. The van der Waals surface area contributed by atoms with E-state index in [2.05, 4.69) is 22.1 Å². The van der Waals surface area contributed by atoms with Crippen molar-refractivity contribution in [3.63, 3.8) is 0 Å². The Morgan fingerprint density at radius 2 is 2.35 bits per heavy atom. The van der Waals surface area contributed by atoms with Crippen LogP contribution in [0.15, 0.2) is 22.7 Å². The number of rotatable bonds is 2. The fraction of sp³-hybridized carbons (Fsp3) is 0.385. The van der Waals surface area contributed by atoms with Crippen LogP contribution in [0, 0.1) is 0 Å². The fourth-order valence-electron chi connectivity index (χ4n) is 2.16. The minimum Gasteiger partial charge on any atom is -0.397 e.